The Morgan fingerprint density at radius 3 is 2.45 bits per heavy atom. The van der Waals surface area contributed by atoms with Gasteiger partial charge in [0.15, 0.2) is 0 Å². The molecule has 0 bridgehead atoms. The van der Waals surface area contributed by atoms with E-state index >= 15 is 0 Å². The molecule has 0 spiro atoms. The first kappa shape index (κ1) is 14.6. The summed E-state index contributed by atoms with van der Waals surface area (Å²) >= 11 is 12.0. The molecule has 110 valence electrons. The van der Waals surface area contributed by atoms with Crippen molar-refractivity contribution < 1.29 is 5.11 Å². The Morgan fingerprint density at radius 1 is 1.15 bits per heavy atom. The lowest BCUT2D eigenvalue weighted by Crippen LogP contribution is -2.48. The second-order valence-corrected chi connectivity index (χ2v) is 6.59. The van der Waals surface area contributed by atoms with Gasteiger partial charge in [0.2, 0.25) is 0 Å². The van der Waals surface area contributed by atoms with E-state index in [-0.39, 0.29) is 0 Å². The number of aliphatic hydroxyl groups excluding tert-OH is 1. The fourth-order valence-corrected chi connectivity index (χ4v) is 3.40. The number of β-amino-alcohol motifs (C(OH)–C–C–N with tert-alkyl or cyclic N) is 1. The lowest BCUT2D eigenvalue weighted by atomic mass is 10.1. The largest absolute Gasteiger partial charge is 0.387 e. The molecule has 1 atom stereocenters. The Bertz CT molecular complexity index is 471. The maximum atomic E-state index is 10.3. The standard InChI is InChI=1S/C15H20Cl2N2O/c16-11-1-4-13(14(17)9-11)15(20)10-18-5-7-19(8-6-18)12-2-3-12/h1,4,9,12,15,20H,2-3,5-8,10H2. The molecule has 2 fully saturated rings. The van der Waals surface area contributed by atoms with Crippen molar-refractivity contribution in [3.05, 3.63) is 33.8 Å². The second-order valence-electron chi connectivity index (χ2n) is 5.75. The number of rotatable bonds is 4. The first-order valence-electron chi connectivity index (χ1n) is 7.23. The lowest BCUT2D eigenvalue weighted by Gasteiger charge is -2.35. The van der Waals surface area contributed by atoms with Crippen LogP contribution in [-0.2, 0) is 0 Å². The van der Waals surface area contributed by atoms with E-state index in [1.54, 1.807) is 12.1 Å². The van der Waals surface area contributed by atoms with Gasteiger partial charge in [-0.2, -0.15) is 0 Å². The summed E-state index contributed by atoms with van der Waals surface area (Å²) in [7, 11) is 0. The molecule has 1 aromatic rings. The molecule has 1 aliphatic heterocycles. The fraction of sp³-hybridized carbons (Fsp3) is 0.600. The lowest BCUT2D eigenvalue weighted by molar-refractivity contribution is 0.0700. The number of hydrogen-bond donors (Lipinski definition) is 1. The Morgan fingerprint density at radius 2 is 1.85 bits per heavy atom. The first-order valence-corrected chi connectivity index (χ1v) is 7.98. The van der Waals surface area contributed by atoms with Crippen molar-refractivity contribution in [2.45, 2.75) is 25.0 Å². The number of nitrogens with zero attached hydrogens (tertiary/aromatic N) is 2. The average molecular weight is 315 g/mol. The normalized spacial score (nSPS) is 22.9. The molecule has 1 heterocycles. The van der Waals surface area contributed by atoms with Gasteiger partial charge in [-0.15, -0.1) is 0 Å². The van der Waals surface area contributed by atoms with Gasteiger partial charge in [0.05, 0.1) is 6.10 Å². The zero-order valence-electron chi connectivity index (χ0n) is 11.4. The summed E-state index contributed by atoms with van der Waals surface area (Å²) in [6.07, 6.45) is 2.18. The van der Waals surface area contributed by atoms with Crippen LogP contribution in [0.3, 0.4) is 0 Å². The van der Waals surface area contributed by atoms with Crippen molar-refractivity contribution in [2.75, 3.05) is 32.7 Å². The third kappa shape index (κ3) is 3.46. The summed E-state index contributed by atoms with van der Waals surface area (Å²) in [4.78, 5) is 4.88. The maximum absolute atomic E-state index is 10.3. The van der Waals surface area contributed by atoms with Crippen molar-refractivity contribution in [2.24, 2.45) is 0 Å². The van der Waals surface area contributed by atoms with Gasteiger partial charge < -0.3 is 5.11 Å². The summed E-state index contributed by atoms with van der Waals surface area (Å²) in [6.45, 7) is 4.93. The molecule has 20 heavy (non-hydrogen) atoms. The van der Waals surface area contributed by atoms with E-state index in [2.05, 4.69) is 9.80 Å². The summed E-state index contributed by atoms with van der Waals surface area (Å²) in [5.74, 6) is 0. The SMILES string of the molecule is OC(CN1CCN(C2CC2)CC1)c1ccc(Cl)cc1Cl. The zero-order chi connectivity index (χ0) is 14.1. The Hall–Kier alpha value is -0.320. The third-order valence-electron chi connectivity index (χ3n) is 4.22. The van der Waals surface area contributed by atoms with Crippen molar-refractivity contribution in [3.63, 3.8) is 0 Å². The van der Waals surface area contributed by atoms with Gasteiger partial charge in [0.25, 0.3) is 0 Å². The number of aliphatic hydroxyl groups is 1. The monoisotopic (exact) mass is 314 g/mol. The van der Waals surface area contributed by atoms with Crippen LogP contribution in [-0.4, -0.2) is 53.7 Å². The van der Waals surface area contributed by atoms with E-state index in [1.165, 1.54) is 12.8 Å². The van der Waals surface area contributed by atoms with Crippen molar-refractivity contribution in [3.8, 4) is 0 Å². The number of piperazine rings is 1. The number of benzene rings is 1. The second kappa shape index (κ2) is 6.20. The molecule has 1 aliphatic carbocycles. The fourth-order valence-electron chi connectivity index (χ4n) is 2.87. The molecule has 1 saturated carbocycles. The van der Waals surface area contributed by atoms with E-state index in [0.29, 0.717) is 16.6 Å². The molecule has 2 aliphatic rings. The predicted octanol–water partition coefficient (Wildman–Crippen LogP) is 2.81. The topological polar surface area (TPSA) is 26.7 Å². The third-order valence-corrected chi connectivity index (χ3v) is 4.79. The maximum Gasteiger partial charge on any atom is 0.0931 e. The van der Waals surface area contributed by atoms with Gasteiger partial charge >= 0.3 is 0 Å². The zero-order valence-corrected chi connectivity index (χ0v) is 12.9. The van der Waals surface area contributed by atoms with Crippen molar-refractivity contribution in [1.82, 2.24) is 9.80 Å². The molecule has 3 rings (SSSR count). The minimum absolute atomic E-state index is 0.543. The molecule has 1 aromatic carbocycles. The highest BCUT2D eigenvalue weighted by Gasteiger charge is 2.31. The van der Waals surface area contributed by atoms with Crippen LogP contribution in [0.4, 0.5) is 0 Å². The molecular weight excluding hydrogens is 295 g/mol. The van der Waals surface area contributed by atoms with Crippen LogP contribution in [0.1, 0.15) is 24.5 Å². The smallest absolute Gasteiger partial charge is 0.0931 e. The molecule has 0 radical (unpaired) electrons. The summed E-state index contributed by atoms with van der Waals surface area (Å²) in [6, 6.07) is 6.12. The van der Waals surface area contributed by atoms with E-state index in [0.717, 1.165) is 37.8 Å². The predicted molar refractivity (Wildman–Crippen MR) is 82.5 cm³/mol. The van der Waals surface area contributed by atoms with E-state index < -0.39 is 6.10 Å². The van der Waals surface area contributed by atoms with E-state index in [9.17, 15) is 5.11 Å². The van der Waals surface area contributed by atoms with E-state index in [1.807, 2.05) is 6.07 Å². The molecule has 1 N–H and O–H groups in total. The van der Waals surface area contributed by atoms with Crippen LogP contribution in [0.5, 0.6) is 0 Å². The molecular formula is C15H20Cl2N2O. The van der Waals surface area contributed by atoms with Crippen LogP contribution in [0.15, 0.2) is 18.2 Å². The van der Waals surface area contributed by atoms with Crippen molar-refractivity contribution in [1.29, 1.82) is 0 Å². The highest BCUT2D eigenvalue weighted by molar-refractivity contribution is 6.35. The highest BCUT2D eigenvalue weighted by Crippen LogP contribution is 2.29. The number of hydrogen-bond acceptors (Lipinski definition) is 3. The summed E-state index contributed by atoms with van der Waals surface area (Å²) in [5, 5.41) is 11.5. The Labute approximate surface area is 130 Å². The van der Waals surface area contributed by atoms with E-state index in [4.69, 9.17) is 23.2 Å². The molecule has 1 saturated heterocycles. The molecule has 5 heteroatoms. The van der Waals surface area contributed by atoms with Crippen LogP contribution in [0.25, 0.3) is 0 Å². The van der Waals surface area contributed by atoms with Crippen LogP contribution >= 0.6 is 23.2 Å². The van der Waals surface area contributed by atoms with Gasteiger partial charge in [0.1, 0.15) is 0 Å². The van der Waals surface area contributed by atoms with Gasteiger partial charge in [-0.25, -0.2) is 0 Å². The molecule has 0 amide bonds. The van der Waals surface area contributed by atoms with Gasteiger partial charge in [-0.3, -0.25) is 9.80 Å². The van der Waals surface area contributed by atoms with Gasteiger partial charge in [-0.1, -0.05) is 29.3 Å². The number of halogens is 2. The van der Waals surface area contributed by atoms with Crippen LogP contribution < -0.4 is 0 Å². The molecule has 3 nitrogen and oxygen atoms in total. The van der Waals surface area contributed by atoms with Gasteiger partial charge in [0, 0.05) is 54.4 Å². The van der Waals surface area contributed by atoms with Crippen LogP contribution in [0, 0.1) is 0 Å². The summed E-state index contributed by atoms with van der Waals surface area (Å²) < 4.78 is 0. The minimum atomic E-state index is -0.549. The Kier molecular flexibility index (Phi) is 4.53. The quantitative estimate of drug-likeness (QED) is 0.925. The Balaban J connectivity index is 1.54. The first-order chi connectivity index (χ1) is 9.63. The van der Waals surface area contributed by atoms with Gasteiger partial charge in [-0.05, 0) is 25.0 Å². The van der Waals surface area contributed by atoms with Crippen LogP contribution in [0.2, 0.25) is 10.0 Å². The molecule has 1 unspecified atom stereocenters. The highest BCUT2D eigenvalue weighted by atomic mass is 35.5. The minimum Gasteiger partial charge on any atom is -0.387 e. The van der Waals surface area contributed by atoms with Crippen molar-refractivity contribution >= 4 is 23.2 Å². The summed E-state index contributed by atoms with van der Waals surface area (Å²) in [5.41, 5.74) is 0.765. The molecule has 0 aromatic heterocycles. The average Bonchev–Trinajstić information content (AvgIpc) is 3.23.